The zero-order valence-electron chi connectivity index (χ0n) is 13.4. The van der Waals surface area contributed by atoms with Crippen molar-refractivity contribution < 1.29 is 9.21 Å². The molecule has 0 bridgehead atoms. The molecule has 4 heterocycles. The van der Waals surface area contributed by atoms with Gasteiger partial charge >= 0.3 is 0 Å². The van der Waals surface area contributed by atoms with Crippen molar-refractivity contribution in [1.29, 1.82) is 0 Å². The fourth-order valence-electron chi connectivity index (χ4n) is 2.51. The second-order valence-electron chi connectivity index (χ2n) is 5.61. The number of nitrogens with one attached hydrogen (secondary N) is 1. The van der Waals surface area contributed by atoms with Crippen molar-refractivity contribution in [2.75, 3.05) is 18.0 Å². The van der Waals surface area contributed by atoms with Gasteiger partial charge in [0, 0.05) is 26.1 Å². The molecule has 1 aliphatic heterocycles. The average molecular weight is 341 g/mol. The lowest BCUT2D eigenvalue weighted by molar-refractivity contribution is -0.126. The van der Waals surface area contributed by atoms with E-state index in [1.165, 1.54) is 12.7 Å². The third-order valence-corrected chi connectivity index (χ3v) is 3.85. The molecule has 0 atom stereocenters. The summed E-state index contributed by atoms with van der Waals surface area (Å²) in [5, 5.41) is 14.4. The molecule has 0 aromatic carbocycles. The van der Waals surface area contributed by atoms with Gasteiger partial charge in [0.1, 0.15) is 24.8 Å². The van der Waals surface area contributed by atoms with E-state index in [0.717, 1.165) is 5.82 Å². The number of carbonyl (C=O) groups excluding carboxylic acids is 1. The number of hydrogen-bond acceptors (Lipinski definition) is 9. The standard InChI is InChI=1S/C14H15N9O2/c1-9-20-21-13(25-9)3-16-14(24)10-4-22(5-10)11-2-12(18-7-17-11)23-8-15-6-19-23/h2,6-8,10H,3-5H2,1H3,(H,16,24). The summed E-state index contributed by atoms with van der Waals surface area (Å²) in [5.74, 6) is 2.10. The largest absolute Gasteiger partial charge is 0.424 e. The summed E-state index contributed by atoms with van der Waals surface area (Å²) < 4.78 is 6.78. The monoisotopic (exact) mass is 341 g/mol. The Balaban J connectivity index is 1.32. The highest BCUT2D eigenvalue weighted by Gasteiger charge is 2.33. The van der Waals surface area contributed by atoms with E-state index in [-0.39, 0.29) is 18.4 Å². The first-order chi connectivity index (χ1) is 12.2. The van der Waals surface area contributed by atoms with Crippen LogP contribution in [0.5, 0.6) is 0 Å². The molecule has 0 radical (unpaired) electrons. The van der Waals surface area contributed by atoms with Gasteiger partial charge in [0.25, 0.3) is 0 Å². The van der Waals surface area contributed by atoms with E-state index in [1.54, 1.807) is 17.9 Å². The molecule has 1 aliphatic rings. The summed E-state index contributed by atoms with van der Waals surface area (Å²) in [6.45, 7) is 3.11. The number of hydrogen-bond donors (Lipinski definition) is 1. The molecule has 1 fully saturated rings. The van der Waals surface area contributed by atoms with E-state index >= 15 is 0 Å². The van der Waals surface area contributed by atoms with E-state index in [9.17, 15) is 4.79 Å². The third-order valence-electron chi connectivity index (χ3n) is 3.85. The molecule has 3 aromatic rings. The summed E-state index contributed by atoms with van der Waals surface area (Å²) in [6, 6.07) is 1.81. The van der Waals surface area contributed by atoms with Gasteiger partial charge in [-0.05, 0) is 0 Å². The Morgan fingerprint density at radius 3 is 2.84 bits per heavy atom. The van der Waals surface area contributed by atoms with Crippen molar-refractivity contribution in [2.24, 2.45) is 5.92 Å². The first-order valence-corrected chi connectivity index (χ1v) is 7.68. The molecule has 0 spiro atoms. The lowest BCUT2D eigenvalue weighted by atomic mass is 9.99. The molecular weight excluding hydrogens is 326 g/mol. The van der Waals surface area contributed by atoms with Gasteiger partial charge in [-0.25, -0.2) is 19.6 Å². The van der Waals surface area contributed by atoms with Crippen molar-refractivity contribution in [3.8, 4) is 5.82 Å². The highest BCUT2D eigenvalue weighted by Crippen LogP contribution is 2.23. The van der Waals surface area contributed by atoms with E-state index in [4.69, 9.17) is 4.42 Å². The number of amides is 1. The Hall–Kier alpha value is -3.37. The molecule has 25 heavy (non-hydrogen) atoms. The smallest absolute Gasteiger partial charge is 0.235 e. The Morgan fingerprint density at radius 2 is 2.12 bits per heavy atom. The third kappa shape index (κ3) is 3.16. The van der Waals surface area contributed by atoms with Gasteiger partial charge in [0.15, 0.2) is 5.82 Å². The quantitative estimate of drug-likeness (QED) is 0.653. The van der Waals surface area contributed by atoms with E-state index < -0.39 is 0 Å². The zero-order valence-corrected chi connectivity index (χ0v) is 13.4. The summed E-state index contributed by atoms with van der Waals surface area (Å²) in [7, 11) is 0. The number of anilines is 1. The van der Waals surface area contributed by atoms with Crippen LogP contribution in [-0.4, -0.2) is 53.9 Å². The van der Waals surface area contributed by atoms with Gasteiger partial charge in [-0.3, -0.25) is 4.79 Å². The highest BCUT2D eigenvalue weighted by molar-refractivity contribution is 5.81. The van der Waals surface area contributed by atoms with Crippen LogP contribution in [0.4, 0.5) is 5.82 Å². The molecule has 1 N–H and O–H groups in total. The first-order valence-electron chi connectivity index (χ1n) is 7.68. The first kappa shape index (κ1) is 15.2. The van der Waals surface area contributed by atoms with Crippen LogP contribution in [0.15, 0.2) is 29.5 Å². The van der Waals surface area contributed by atoms with Gasteiger partial charge in [-0.1, -0.05) is 0 Å². The summed E-state index contributed by atoms with van der Waals surface area (Å²) >= 11 is 0. The fraction of sp³-hybridized carbons (Fsp3) is 0.357. The van der Waals surface area contributed by atoms with Crippen molar-refractivity contribution in [1.82, 2.24) is 40.2 Å². The second-order valence-corrected chi connectivity index (χ2v) is 5.61. The minimum absolute atomic E-state index is 0.0438. The van der Waals surface area contributed by atoms with Gasteiger partial charge in [0.05, 0.1) is 12.5 Å². The maximum Gasteiger partial charge on any atom is 0.235 e. The van der Waals surface area contributed by atoms with Crippen LogP contribution >= 0.6 is 0 Å². The predicted octanol–water partition coefficient (Wildman–Crippen LogP) is -0.499. The number of aryl methyl sites for hydroxylation is 1. The Morgan fingerprint density at radius 1 is 1.28 bits per heavy atom. The van der Waals surface area contributed by atoms with Crippen LogP contribution in [0.1, 0.15) is 11.8 Å². The zero-order chi connectivity index (χ0) is 17.2. The number of rotatable bonds is 5. The molecular formula is C14H15N9O2. The van der Waals surface area contributed by atoms with E-state index in [0.29, 0.717) is 30.7 Å². The van der Waals surface area contributed by atoms with Gasteiger partial charge in [-0.2, -0.15) is 5.10 Å². The molecule has 11 nitrogen and oxygen atoms in total. The fourth-order valence-corrected chi connectivity index (χ4v) is 2.51. The molecule has 128 valence electrons. The maximum atomic E-state index is 12.2. The molecule has 4 rings (SSSR count). The molecule has 1 amide bonds. The van der Waals surface area contributed by atoms with Crippen LogP contribution in [0.3, 0.4) is 0 Å². The minimum atomic E-state index is -0.103. The molecule has 3 aromatic heterocycles. The topological polar surface area (TPSA) is 128 Å². The van der Waals surface area contributed by atoms with Gasteiger partial charge < -0.3 is 14.6 Å². The van der Waals surface area contributed by atoms with E-state index in [1.807, 2.05) is 11.0 Å². The normalized spacial score (nSPS) is 14.4. The molecule has 1 saturated heterocycles. The van der Waals surface area contributed by atoms with Gasteiger partial charge in [-0.15, -0.1) is 10.2 Å². The summed E-state index contributed by atoms with van der Waals surface area (Å²) in [5.41, 5.74) is 0. The molecule has 0 saturated carbocycles. The Labute approximate surface area is 142 Å². The molecule has 11 heteroatoms. The number of nitrogens with zero attached hydrogens (tertiary/aromatic N) is 8. The lowest BCUT2D eigenvalue weighted by Gasteiger charge is -2.38. The van der Waals surface area contributed by atoms with Crippen LogP contribution in [0.25, 0.3) is 5.82 Å². The summed E-state index contributed by atoms with van der Waals surface area (Å²) in [4.78, 5) is 26.5. The minimum Gasteiger partial charge on any atom is -0.424 e. The Bertz CT molecular complexity index is 870. The van der Waals surface area contributed by atoms with Crippen molar-refractivity contribution in [3.63, 3.8) is 0 Å². The number of aromatic nitrogens is 7. The Kier molecular flexibility index (Phi) is 3.80. The number of carbonyl (C=O) groups is 1. The predicted molar refractivity (Wildman–Crippen MR) is 83.5 cm³/mol. The van der Waals surface area contributed by atoms with Gasteiger partial charge in [0.2, 0.25) is 17.7 Å². The highest BCUT2D eigenvalue weighted by atomic mass is 16.4. The second kappa shape index (κ2) is 6.26. The van der Waals surface area contributed by atoms with Crippen LogP contribution in [-0.2, 0) is 11.3 Å². The van der Waals surface area contributed by atoms with Crippen molar-refractivity contribution >= 4 is 11.7 Å². The van der Waals surface area contributed by atoms with Crippen molar-refractivity contribution in [2.45, 2.75) is 13.5 Å². The maximum absolute atomic E-state index is 12.2. The lowest BCUT2D eigenvalue weighted by Crippen LogP contribution is -2.54. The van der Waals surface area contributed by atoms with E-state index in [2.05, 4.69) is 35.6 Å². The SMILES string of the molecule is Cc1nnc(CNC(=O)C2CN(c3cc(-n4cncn4)ncn3)C2)o1. The average Bonchev–Trinajstić information content (AvgIpc) is 3.23. The van der Waals surface area contributed by atoms with Crippen molar-refractivity contribution in [3.05, 3.63) is 36.8 Å². The van der Waals surface area contributed by atoms with Crippen LogP contribution in [0, 0.1) is 12.8 Å². The van der Waals surface area contributed by atoms with Crippen LogP contribution in [0.2, 0.25) is 0 Å². The molecule has 0 aliphatic carbocycles. The summed E-state index contributed by atoms with van der Waals surface area (Å²) in [6.07, 6.45) is 4.48. The molecule has 0 unspecified atom stereocenters. The van der Waals surface area contributed by atoms with Crippen LogP contribution < -0.4 is 10.2 Å².